The SMILES string of the molecule is CCCN(CCC)Cc1cc(-c2noc(-c3ccc(Nc4ccnc(N5CCN(C)CC5)c4)cc3)n2)ccc1O. The fourth-order valence-electron chi connectivity index (χ4n) is 5.02. The van der Waals surface area contributed by atoms with E-state index >= 15 is 0 Å². The number of anilines is 3. The molecule has 0 amide bonds. The molecule has 0 radical (unpaired) electrons. The molecule has 0 atom stereocenters. The number of aromatic hydroxyl groups is 1. The van der Waals surface area contributed by atoms with Gasteiger partial charge < -0.3 is 24.7 Å². The summed E-state index contributed by atoms with van der Waals surface area (Å²) in [6.45, 7) is 11.1. The van der Waals surface area contributed by atoms with Crippen LogP contribution in [0, 0.1) is 0 Å². The van der Waals surface area contributed by atoms with Crippen molar-refractivity contribution in [2.45, 2.75) is 33.2 Å². The zero-order valence-electron chi connectivity index (χ0n) is 23.7. The van der Waals surface area contributed by atoms with Gasteiger partial charge in [-0.15, -0.1) is 0 Å². The number of likely N-dealkylation sites (N-methyl/N-ethyl adjacent to an activating group) is 1. The summed E-state index contributed by atoms with van der Waals surface area (Å²) in [5.74, 6) is 2.24. The van der Waals surface area contributed by atoms with Crippen molar-refractivity contribution in [3.05, 3.63) is 66.4 Å². The zero-order valence-corrected chi connectivity index (χ0v) is 23.7. The number of rotatable bonds is 11. The molecule has 40 heavy (non-hydrogen) atoms. The first kappa shape index (κ1) is 27.6. The summed E-state index contributed by atoms with van der Waals surface area (Å²) in [4.78, 5) is 16.2. The molecule has 3 heterocycles. The highest BCUT2D eigenvalue weighted by molar-refractivity contribution is 5.67. The second-order valence-electron chi connectivity index (χ2n) is 10.4. The quantitative estimate of drug-likeness (QED) is 0.251. The van der Waals surface area contributed by atoms with Crippen LogP contribution < -0.4 is 10.2 Å². The molecule has 9 heteroatoms. The summed E-state index contributed by atoms with van der Waals surface area (Å²) < 4.78 is 5.61. The Hall–Kier alpha value is -3.95. The Bertz CT molecular complexity index is 1370. The summed E-state index contributed by atoms with van der Waals surface area (Å²) in [5.41, 5.74) is 4.49. The van der Waals surface area contributed by atoms with Crippen LogP contribution in [0.2, 0.25) is 0 Å². The molecule has 1 aliphatic rings. The van der Waals surface area contributed by atoms with Crippen LogP contribution in [0.1, 0.15) is 32.3 Å². The largest absolute Gasteiger partial charge is 0.508 e. The van der Waals surface area contributed by atoms with Crippen LogP contribution in [0.4, 0.5) is 17.2 Å². The van der Waals surface area contributed by atoms with Gasteiger partial charge >= 0.3 is 0 Å². The van der Waals surface area contributed by atoms with Crippen molar-refractivity contribution in [2.75, 3.05) is 56.5 Å². The summed E-state index contributed by atoms with van der Waals surface area (Å²) in [6.07, 6.45) is 4.00. The maximum absolute atomic E-state index is 10.5. The summed E-state index contributed by atoms with van der Waals surface area (Å²) in [5, 5.41) is 18.2. The van der Waals surface area contributed by atoms with Gasteiger partial charge in [0.25, 0.3) is 5.89 Å². The number of phenolic OH excluding ortho intramolecular Hbond substituents is 1. The van der Waals surface area contributed by atoms with Gasteiger partial charge in [0.1, 0.15) is 11.6 Å². The highest BCUT2D eigenvalue weighted by Crippen LogP contribution is 2.29. The van der Waals surface area contributed by atoms with Gasteiger partial charge in [0.05, 0.1) is 0 Å². The lowest BCUT2D eigenvalue weighted by molar-refractivity contribution is 0.263. The van der Waals surface area contributed by atoms with E-state index in [0.717, 1.165) is 86.0 Å². The van der Waals surface area contributed by atoms with Crippen LogP contribution in [0.15, 0.2) is 65.3 Å². The normalized spacial score (nSPS) is 14.2. The summed E-state index contributed by atoms with van der Waals surface area (Å²) in [6, 6.07) is 17.5. The van der Waals surface area contributed by atoms with Crippen LogP contribution in [0.25, 0.3) is 22.8 Å². The molecule has 5 rings (SSSR count). The third-order valence-electron chi connectivity index (χ3n) is 7.23. The average Bonchev–Trinajstić information content (AvgIpc) is 3.46. The molecule has 0 bridgehead atoms. The van der Waals surface area contributed by atoms with Crippen molar-refractivity contribution in [2.24, 2.45) is 0 Å². The molecule has 0 saturated carbocycles. The van der Waals surface area contributed by atoms with Crippen LogP contribution in [-0.2, 0) is 6.54 Å². The monoisotopic (exact) mass is 541 g/mol. The molecule has 1 fully saturated rings. The molecule has 1 saturated heterocycles. The lowest BCUT2D eigenvalue weighted by Crippen LogP contribution is -2.44. The Labute approximate surface area is 236 Å². The summed E-state index contributed by atoms with van der Waals surface area (Å²) >= 11 is 0. The van der Waals surface area contributed by atoms with Gasteiger partial charge in [-0.2, -0.15) is 4.98 Å². The second-order valence-corrected chi connectivity index (χ2v) is 10.4. The molecule has 0 unspecified atom stereocenters. The van der Waals surface area contributed by atoms with E-state index < -0.39 is 0 Å². The van der Waals surface area contributed by atoms with E-state index in [0.29, 0.717) is 18.3 Å². The second kappa shape index (κ2) is 12.9. The number of phenols is 1. The molecule has 9 nitrogen and oxygen atoms in total. The number of aromatic nitrogens is 3. The highest BCUT2D eigenvalue weighted by atomic mass is 16.5. The fourth-order valence-corrected chi connectivity index (χ4v) is 5.02. The highest BCUT2D eigenvalue weighted by Gasteiger charge is 2.16. The molecule has 0 spiro atoms. The molecular weight excluding hydrogens is 502 g/mol. The van der Waals surface area contributed by atoms with E-state index in [1.807, 2.05) is 48.7 Å². The number of hydrogen-bond donors (Lipinski definition) is 2. The molecule has 4 aromatic rings. The lowest BCUT2D eigenvalue weighted by atomic mass is 10.1. The molecule has 2 aromatic carbocycles. The summed E-state index contributed by atoms with van der Waals surface area (Å²) in [7, 11) is 2.15. The van der Waals surface area contributed by atoms with Crippen LogP contribution in [0.5, 0.6) is 5.75 Å². The first-order valence-electron chi connectivity index (χ1n) is 14.2. The molecule has 210 valence electrons. The Balaban J connectivity index is 1.26. The average molecular weight is 542 g/mol. The Morgan fingerprint density at radius 2 is 1.62 bits per heavy atom. The van der Waals surface area contributed by atoms with Gasteiger partial charge in [-0.05, 0) is 81.5 Å². The Morgan fingerprint density at radius 3 is 2.35 bits per heavy atom. The predicted molar refractivity (Wildman–Crippen MR) is 160 cm³/mol. The van der Waals surface area contributed by atoms with Crippen molar-refractivity contribution in [1.82, 2.24) is 24.9 Å². The van der Waals surface area contributed by atoms with Crippen molar-refractivity contribution >= 4 is 17.2 Å². The minimum Gasteiger partial charge on any atom is -0.508 e. The zero-order chi connectivity index (χ0) is 27.9. The van der Waals surface area contributed by atoms with Crippen molar-refractivity contribution in [1.29, 1.82) is 0 Å². The topological polar surface area (TPSA) is 93.8 Å². The van der Waals surface area contributed by atoms with Crippen LogP contribution in [0.3, 0.4) is 0 Å². The molecule has 0 aliphatic carbocycles. The van der Waals surface area contributed by atoms with Crippen molar-refractivity contribution < 1.29 is 9.63 Å². The minimum atomic E-state index is 0.289. The lowest BCUT2D eigenvalue weighted by Gasteiger charge is -2.33. The van der Waals surface area contributed by atoms with Crippen molar-refractivity contribution in [3.8, 4) is 28.6 Å². The molecular formula is C31H39N7O2. The van der Waals surface area contributed by atoms with Gasteiger partial charge in [0, 0.05) is 73.1 Å². The number of nitrogens with one attached hydrogen (secondary N) is 1. The van der Waals surface area contributed by atoms with Crippen LogP contribution in [-0.4, -0.2) is 76.3 Å². The predicted octanol–water partition coefficient (Wildman–Crippen LogP) is 5.62. The van der Waals surface area contributed by atoms with Gasteiger partial charge in [0.2, 0.25) is 5.82 Å². The van der Waals surface area contributed by atoms with Crippen LogP contribution >= 0.6 is 0 Å². The number of benzene rings is 2. The van der Waals surface area contributed by atoms with Gasteiger partial charge in [0.15, 0.2) is 0 Å². The molecule has 1 aliphatic heterocycles. The first-order valence-corrected chi connectivity index (χ1v) is 14.2. The number of hydrogen-bond acceptors (Lipinski definition) is 9. The first-order chi connectivity index (χ1) is 19.5. The maximum atomic E-state index is 10.5. The van der Waals surface area contributed by atoms with E-state index in [4.69, 9.17) is 4.52 Å². The van der Waals surface area contributed by atoms with Gasteiger partial charge in [-0.25, -0.2) is 4.98 Å². The smallest absolute Gasteiger partial charge is 0.258 e. The third kappa shape index (κ3) is 6.78. The van der Waals surface area contributed by atoms with Crippen molar-refractivity contribution in [3.63, 3.8) is 0 Å². The van der Waals surface area contributed by atoms with E-state index in [1.54, 1.807) is 6.07 Å². The van der Waals surface area contributed by atoms with E-state index in [-0.39, 0.29) is 5.75 Å². The number of pyridine rings is 1. The minimum absolute atomic E-state index is 0.289. The van der Waals surface area contributed by atoms with Gasteiger partial charge in [-0.1, -0.05) is 19.0 Å². The number of piperazine rings is 1. The van der Waals surface area contributed by atoms with Gasteiger partial charge in [-0.3, -0.25) is 4.90 Å². The molecule has 2 aromatic heterocycles. The maximum Gasteiger partial charge on any atom is 0.258 e. The Kier molecular flexibility index (Phi) is 8.93. The Morgan fingerprint density at radius 1 is 0.900 bits per heavy atom. The van der Waals surface area contributed by atoms with E-state index in [2.05, 4.69) is 62.1 Å². The van der Waals surface area contributed by atoms with E-state index in [9.17, 15) is 5.11 Å². The van der Waals surface area contributed by atoms with E-state index in [1.165, 1.54) is 0 Å². The third-order valence-corrected chi connectivity index (χ3v) is 7.23. The fraction of sp³-hybridized carbons (Fsp3) is 0.387. The molecule has 2 N–H and O–H groups in total. The number of nitrogens with zero attached hydrogens (tertiary/aromatic N) is 6. The standard InChI is InChI=1S/C31H39N7O2/c1-4-14-37(15-5-2)22-25-20-24(8-11-28(25)39)30-34-31(40-35-30)23-6-9-26(10-7-23)33-27-12-13-32-29(21-27)38-18-16-36(3)17-19-38/h6-13,20-21,39H,4-5,14-19,22H2,1-3H3,(H,32,33).